The van der Waals surface area contributed by atoms with E-state index < -0.39 is 5.60 Å². The third kappa shape index (κ3) is 6.63. The number of piperidine rings is 2. The summed E-state index contributed by atoms with van der Waals surface area (Å²) in [4.78, 5) is 14.0. The van der Waals surface area contributed by atoms with Crippen molar-refractivity contribution < 1.29 is 14.3 Å². The Labute approximate surface area is 134 Å². The van der Waals surface area contributed by atoms with Gasteiger partial charge in [0.25, 0.3) is 0 Å². The summed E-state index contributed by atoms with van der Waals surface area (Å²) in [6.07, 6.45) is 4.88. The Morgan fingerprint density at radius 3 is 2.36 bits per heavy atom. The van der Waals surface area contributed by atoms with Crippen molar-refractivity contribution >= 4 is 5.97 Å². The molecule has 0 radical (unpaired) electrons. The molecule has 2 aliphatic rings. The molecule has 0 aliphatic carbocycles. The SMILES string of the molecule is CC(C)(C)OC(=O)CN1CCC(OCC2CCNCC2)CC1. The third-order valence-corrected chi connectivity index (χ3v) is 4.33. The molecular weight excluding hydrogens is 280 g/mol. The van der Waals surface area contributed by atoms with Gasteiger partial charge in [-0.3, -0.25) is 9.69 Å². The number of nitrogens with zero attached hydrogens (tertiary/aromatic N) is 1. The van der Waals surface area contributed by atoms with Gasteiger partial charge in [0.15, 0.2) is 0 Å². The Morgan fingerprint density at radius 2 is 1.77 bits per heavy atom. The predicted octanol–water partition coefficient (Wildman–Crippen LogP) is 1.81. The fraction of sp³-hybridized carbons (Fsp3) is 0.941. The Hall–Kier alpha value is -0.650. The number of ether oxygens (including phenoxy) is 2. The Morgan fingerprint density at radius 1 is 1.14 bits per heavy atom. The maximum atomic E-state index is 11.8. The van der Waals surface area contributed by atoms with Crippen LogP contribution in [0.4, 0.5) is 0 Å². The lowest BCUT2D eigenvalue weighted by molar-refractivity contribution is -0.156. The van der Waals surface area contributed by atoms with E-state index in [0.717, 1.165) is 51.5 Å². The van der Waals surface area contributed by atoms with Gasteiger partial charge in [-0.1, -0.05) is 0 Å². The standard InChI is InChI=1S/C17H32N2O3/c1-17(2,3)22-16(20)12-19-10-6-15(7-11-19)21-13-14-4-8-18-9-5-14/h14-15,18H,4-13H2,1-3H3. The molecule has 5 nitrogen and oxygen atoms in total. The molecule has 0 aromatic heterocycles. The van der Waals surface area contributed by atoms with Crippen LogP contribution in [0.5, 0.6) is 0 Å². The second-order valence-electron chi connectivity index (χ2n) is 7.59. The molecule has 1 N–H and O–H groups in total. The van der Waals surface area contributed by atoms with Crippen LogP contribution in [-0.2, 0) is 14.3 Å². The van der Waals surface area contributed by atoms with Crippen molar-refractivity contribution in [3.8, 4) is 0 Å². The first-order chi connectivity index (χ1) is 10.4. The highest BCUT2D eigenvalue weighted by Gasteiger charge is 2.24. The highest BCUT2D eigenvalue weighted by molar-refractivity contribution is 5.72. The fourth-order valence-electron chi connectivity index (χ4n) is 3.11. The summed E-state index contributed by atoms with van der Waals surface area (Å²) in [5, 5.41) is 3.39. The van der Waals surface area contributed by atoms with Crippen LogP contribution in [0.2, 0.25) is 0 Å². The van der Waals surface area contributed by atoms with Gasteiger partial charge in [0, 0.05) is 19.7 Å². The zero-order valence-corrected chi connectivity index (χ0v) is 14.4. The lowest BCUT2D eigenvalue weighted by Gasteiger charge is -2.33. The highest BCUT2D eigenvalue weighted by atomic mass is 16.6. The van der Waals surface area contributed by atoms with Gasteiger partial charge in [0.1, 0.15) is 5.60 Å². The van der Waals surface area contributed by atoms with Crippen molar-refractivity contribution in [3.05, 3.63) is 0 Å². The molecule has 2 aliphatic heterocycles. The molecule has 0 aromatic rings. The lowest BCUT2D eigenvalue weighted by atomic mass is 9.99. The first-order valence-electron chi connectivity index (χ1n) is 8.69. The van der Waals surface area contributed by atoms with Crippen LogP contribution in [0.25, 0.3) is 0 Å². The van der Waals surface area contributed by atoms with E-state index in [4.69, 9.17) is 9.47 Å². The van der Waals surface area contributed by atoms with Crippen molar-refractivity contribution in [1.29, 1.82) is 0 Å². The van der Waals surface area contributed by atoms with Gasteiger partial charge in [-0.25, -0.2) is 0 Å². The van der Waals surface area contributed by atoms with E-state index >= 15 is 0 Å². The van der Waals surface area contributed by atoms with Crippen molar-refractivity contribution in [2.24, 2.45) is 5.92 Å². The number of hydrogen-bond donors (Lipinski definition) is 1. The van der Waals surface area contributed by atoms with Crippen molar-refractivity contribution in [2.45, 2.75) is 58.2 Å². The summed E-state index contributed by atoms with van der Waals surface area (Å²) in [6.45, 7) is 11.1. The molecule has 2 heterocycles. The first-order valence-corrected chi connectivity index (χ1v) is 8.69. The summed E-state index contributed by atoms with van der Waals surface area (Å²) in [7, 11) is 0. The van der Waals surface area contributed by atoms with Crippen molar-refractivity contribution in [3.63, 3.8) is 0 Å². The molecule has 2 saturated heterocycles. The van der Waals surface area contributed by atoms with E-state index in [9.17, 15) is 4.79 Å². The van der Waals surface area contributed by atoms with Crippen LogP contribution < -0.4 is 5.32 Å². The van der Waals surface area contributed by atoms with Gasteiger partial charge in [0.2, 0.25) is 0 Å². The number of carbonyl (C=O) groups is 1. The monoisotopic (exact) mass is 312 g/mol. The normalized spacial score (nSPS) is 22.7. The first kappa shape index (κ1) is 17.7. The highest BCUT2D eigenvalue weighted by Crippen LogP contribution is 2.18. The molecule has 5 heteroatoms. The van der Waals surface area contributed by atoms with Gasteiger partial charge in [-0.2, -0.15) is 0 Å². The molecule has 0 bridgehead atoms. The van der Waals surface area contributed by atoms with E-state index in [2.05, 4.69) is 10.2 Å². The fourth-order valence-corrected chi connectivity index (χ4v) is 3.11. The second kappa shape index (κ2) is 8.27. The van der Waals surface area contributed by atoms with Crippen LogP contribution in [0, 0.1) is 5.92 Å². The lowest BCUT2D eigenvalue weighted by Crippen LogP contribution is -2.42. The van der Waals surface area contributed by atoms with E-state index in [1.807, 2.05) is 20.8 Å². The average molecular weight is 312 g/mol. The smallest absolute Gasteiger partial charge is 0.320 e. The number of carbonyl (C=O) groups excluding carboxylic acids is 1. The maximum Gasteiger partial charge on any atom is 0.320 e. The predicted molar refractivity (Wildman–Crippen MR) is 86.9 cm³/mol. The maximum absolute atomic E-state index is 11.8. The topological polar surface area (TPSA) is 50.8 Å². The molecule has 0 atom stereocenters. The molecule has 2 rings (SSSR count). The summed E-state index contributed by atoms with van der Waals surface area (Å²) >= 11 is 0. The average Bonchev–Trinajstić information content (AvgIpc) is 2.45. The zero-order valence-electron chi connectivity index (χ0n) is 14.4. The molecular formula is C17H32N2O3. The quantitative estimate of drug-likeness (QED) is 0.785. The van der Waals surface area contributed by atoms with Crippen LogP contribution >= 0.6 is 0 Å². The van der Waals surface area contributed by atoms with Gasteiger partial charge in [-0.15, -0.1) is 0 Å². The van der Waals surface area contributed by atoms with E-state index in [1.165, 1.54) is 12.8 Å². The minimum absolute atomic E-state index is 0.124. The Kier molecular flexibility index (Phi) is 6.66. The van der Waals surface area contributed by atoms with Gasteiger partial charge in [0.05, 0.1) is 12.6 Å². The molecule has 22 heavy (non-hydrogen) atoms. The number of hydrogen-bond acceptors (Lipinski definition) is 5. The number of rotatable bonds is 5. The number of likely N-dealkylation sites (tertiary alicyclic amines) is 1. The molecule has 0 unspecified atom stereocenters. The van der Waals surface area contributed by atoms with Crippen LogP contribution in [0.1, 0.15) is 46.5 Å². The second-order valence-corrected chi connectivity index (χ2v) is 7.59. The summed E-state index contributed by atoms with van der Waals surface area (Å²) in [5.74, 6) is 0.600. The minimum atomic E-state index is -0.395. The van der Waals surface area contributed by atoms with Crippen molar-refractivity contribution in [1.82, 2.24) is 10.2 Å². The van der Waals surface area contributed by atoms with E-state index in [0.29, 0.717) is 12.6 Å². The largest absolute Gasteiger partial charge is 0.459 e. The molecule has 128 valence electrons. The van der Waals surface area contributed by atoms with E-state index in [-0.39, 0.29) is 5.97 Å². The molecule has 0 spiro atoms. The Bertz CT molecular complexity index is 340. The Balaban J connectivity index is 1.60. The van der Waals surface area contributed by atoms with E-state index in [1.54, 1.807) is 0 Å². The summed E-state index contributed by atoms with van der Waals surface area (Å²) in [6, 6.07) is 0. The van der Waals surface area contributed by atoms with Gasteiger partial charge < -0.3 is 14.8 Å². The number of nitrogens with one attached hydrogen (secondary N) is 1. The van der Waals surface area contributed by atoms with Crippen LogP contribution in [0.15, 0.2) is 0 Å². The summed E-state index contributed by atoms with van der Waals surface area (Å²) < 4.78 is 11.5. The molecule has 0 aromatic carbocycles. The molecule has 2 fully saturated rings. The van der Waals surface area contributed by atoms with Crippen molar-refractivity contribution in [2.75, 3.05) is 39.3 Å². The van der Waals surface area contributed by atoms with Crippen LogP contribution in [-0.4, -0.2) is 61.9 Å². The minimum Gasteiger partial charge on any atom is -0.459 e. The third-order valence-electron chi connectivity index (χ3n) is 4.33. The zero-order chi connectivity index (χ0) is 16.0. The summed E-state index contributed by atoms with van der Waals surface area (Å²) in [5.41, 5.74) is -0.395. The van der Waals surface area contributed by atoms with Gasteiger partial charge in [-0.05, 0) is 65.5 Å². The molecule has 0 saturated carbocycles. The molecule has 0 amide bonds. The van der Waals surface area contributed by atoms with Crippen LogP contribution in [0.3, 0.4) is 0 Å². The number of esters is 1. The van der Waals surface area contributed by atoms with Gasteiger partial charge >= 0.3 is 5.97 Å².